The van der Waals surface area contributed by atoms with E-state index in [0.717, 1.165) is 6.54 Å². The van der Waals surface area contributed by atoms with Crippen molar-refractivity contribution in [3.8, 4) is 0 Å². The minimum atomic E-state index is 1.05. The Bertz CT molecular complexity index is 399. The van der Waals surface area contributed by atoms with Crippen molar-refractivity contribution in [2.45, 2.75) is 34.2 Å². The van der Waals surface area contributed by atoms with Crippen LogP contribution in [0.5, 0.6) is 0 Å². The van der Waals surface area contributed by atoms with Gasteiger partial charge in [-0.05, 0) is 36.9 Å². The van der Waals surface area contributed by atoms with Crippen molar-refractivity contribution in [2.24, 2.45) is 0 Å². The summed E-state index contributed by atoms with van der Waals surface area (Å²) in [5.41, 5.74) is 2.67. The van der Waals surface area contributed by atoms with Crippen LogP contribution in [-0.2, 0) is 6.54 Å². The van der Waals surface area contributed by atoms with Crippen molar-refractivity contribution in [3.63, 3.8) is 0 Å². The standard InChI is InChI=1S/C11H13N.C2H6/c1-3-12-7-6-10-5-4-9(2)8-11(10)12;1-2/h4-8H,3H2,1-2H3;1-2H3. The monoisotopic (exact) mass is 189 g/mol. The van der Waals surface area contributed by atoms with Gasteiger partial charge in [0, 0.05) is 18.3 Å². The fourth-order valence-corrected chi connectivity index (χ4v) is 1.57. The van der Waals surface area contributed by atoms with Crippen LogP contribution in [-0.4, -0.2) is 4.57 Å². The summed E-state index contributed by atoms with van der Waals surface area (Å²) in [5, 5.41) is 1.34. The molecule has 0 N–H and O–H groups in total. The maximum atomic E-state index is 2.27. The molecule has 14 heavy (non-hydrogen) atoms. The van der Waals surface area contributed by atoms with Crippen molar-refractivity contribution in [1.29, 1.82) is 0 Å². The Hall–Kier alpha value is -1.24. The molecule has 0 atom stereocenters. The second-order valence-electron chi connectivity index (χ2n) is 3.16. The average Bonchev–Trinajstić information content (AvgIpc) is 2.63. The zero-order chi connectivity index (χ0) is 10.6. The van der Waals surface area contributed by atoms with E-state index in [1.807, 2.05) is 13.8 Å². The summed E-state index contributed by atoms with van der Waals surface area (Å²) in [6, 6.07) is 8.73. The molecule has 0 radical (unpaired) electrons. The summed E-state index contributed by atoms with van der Waals surface area (Å²) < 4.78 is 2.27. The number of fused-ring (bicyclic) bond motifs is 1. The van der Waals surface area contributed by atoms with Crippen molar-refractivity contribution in [1.82, 2.24) is 4.57 Å². The molecule has 0 aliphatic heterocycles. The Kier molecular flexibility index (Phi) is 3.75. The third-order valence-corrected chi connectivity index (χ3v) is 2.27. The van der Waals surface area contributed by atoms with E-state index < -0.39 is 0 Å². The number of aryl methyl sites for hydroxylation is 2. The number of hydrogen-bond acceptors (Lipinski definition) is 0. The minimum absolute atomic E-state index is 1.05. The number of nitrogens with zero attached hydrogens (tertiary/aromatic N) is 1. The van der Waals surface area contributed by atoms with Gasteiger partial charge >= 0.3 is 0 Å². The van der Waals surface area contributed by atoms with Crippen LogP contribution in [0.2, 0.25) is 0 Å². The molecule has 1 aromatic carbocycles. The molecule has 2 aromatic rings. The van der Waals surface area contributed by atoms with Gasteiger partial charge in [-0.3, -0.25) is 0 Å². The summed E-state index contributed by atoms with van der Waals surface area (Å²) in [6.07, 6.45) is 2.14. The molecular formula is C13H19N. The fraction of sp³-hybridized carbons (Fsp3) is 0.385. The van der Waals surface area contributed by atoms with Crippen LogP contribution in [0.1, 0.15) is 26.3 Å². The van der Waals surface area contributed by atoms with E-state index in [4.69, 9.17) is 0 Å². The summed E-state index contributed by atoms with van der Waals surface area (Å²) in [6.45, 7) is 9.35. The molecular weight excluding hydrogens is 170 g/mol. The molecule has 1 heterocycles. The molecule has 0 aliphatic carbocycles. The van der Waals surface area contributed by atoms with Crippen molar-refractivity contribution < 1.29 is 0 Å². The first-order valence-electron chi connectivity index (χ1n) is 5.37. The lowest BCUT2D eigenvalue weighted by Gasteiger charge is -2.00. The average molecular weight is 189 g/mol. The molecule has 76 valence electrons. The summed E-state index contributed by atoms with van der Waals surface area (Å²) in [5.74, 6) is 0. The third-order valence-electron chi connectivity index (χ3n) is 2.27. The highest BCUT2D eigenvalue weighted by Gasteiger charge is 1.97. The van der Waals surface area contributed by atoms with Gasteiger partial charge in [-0.25, -0.2) is 0 Å². The van der Waals surface area contributed by atoms with Gasteiger partial charge in [-0.1, -0.05) is 26.0 Å². The van der Waals surface area contributed by atoms with Gasteiger partial charge in [0.2, 0.25) is 0 Å². The van der Waals surface area contributed by atoms with E-state index in [2.05, 4.69) is 48.9 Å². The zero-order valence-corrected chi connectivity index (χ0v) is 9.54. The highest BCUT2D eigenvalue weighted by atomic mass is 14.9. The van der Waals surface area contributed by atoms with E-state index in [1.54, 1.807) is 0 Å². The summed E-state index contributed by atoms with van der Waals surface area (Å²) >= 11 is 0. The van der Waals surface area contributed by atoms with E-state index in [0.29, 0.717) is 0 Å². The Morgan fingerprint density at radius 3 is 2.50 bits per heavy atom. The molecule has 0 bridgehead atoms. The number of aromatic nitrogens is 1. The predicted molar refractivity (Wildman–Crippen MR) is 63.7 cm³/mol. The summed E-state index contributed by atoms with van der Waals surface area (Å²) in [7, 11) is 0. The topological polar surface area (TPSA) is 4.93 Å². The normalized spacial score (nSPS) is 9.71. The fourth-order valence-electron chi connectivity index (χ4n) is 1.57. The van der Waals surface area contributed by atoms with Gasteiger partial charge in [0.1, 0.15) is 0 Å². The van der Waals surface area contributed by atoms with Crippen LogP contribution in [0, 0.1) is 6.92 Å². The molecule has 0 amide bonds. The van der Waals surface area contributed by atoms with Crippen molar-refractivity contribution in [2.75, 3.05) is 0 Å². The van der Waals surface area contributed by atoms with Crippen molar-refractivity contribution in [3.05, 3.63) is 36.0 Å². The lowest BCUT2D eigenvalue weighted by molar-refractivity contribution is 0.797. The predicted octanol–water partition coefficient (Wildman–Crippen LogP) is 4.00. The Labute approximate surface area is 86.4 Å². The van der Waals surface area contributed by atoms with E-state index >= 15 is 0 Å². The van der Waals surface area contributed by atoms with Crippen molar-refractivity contribution >= 4 is 10.9 Å². The molecule has 1 nitrogen and oxygen atoms in total. The van der Waals surface area contributed by atoms with Crippen LogP contribution in [0.3, 0.4) is 0 Å². The minimum Gasteiger partial charge on any atom is -0.348 e. The lowest BCUT2D eigenvalue weighted by Crippen LogP contribution is -1.90. The molecule has 0 unspecified atom stereocenters. The number of benzene rings is 1. The van der Waals surface area contributed by atoms with Gasteiger partial charge in [0.25, 0.3) is 0 Å². The molecule has 1 heteroatoms. The molecule has 0 saturated carbocycles. The molecule has 1 aromatic heterocycles. The van der Waals surface area contributed by atoms with Crippen LogP contribution in [0.25, 0.3) is 10.9 Å². The quantitative estimate of drug-likeness (QED) is 0.639. The maximum absolute atomic E-state index is 2.27. The van der Waals surface area contributed by atoms with Gasteiger partial charge in [0.05, 0.1) is 0 Å². The molecule has 0 fully saturated rings. The van der Waals surface area contributed by atoms with Gasteiger partial charge in [-0.15, -0.1) is 0 Å². The Balaban J connectivity index is 0.000000461. The first-order chi connectivity index (χ1) is 6.81. The smallest absolute Gasteiger partial charge is 0.0482 e. The second kappa shape index (κ2) is 4.85. The summed E-state index contributed by atoms with van der Waals surface area (Å²) in [4.78, 5) is 0. The van der Waals surface area contributed by atoms with E-state index in [1.165, 1.54) is 16.5 Å². The largest absolute Gasteiger partial charge is 0.348 e. The van der Waals surface area contributed by atoms with E-state index in [9.17, 15) is 0 Å². The highest BCUT2D eigenvalue weighted by Crippen LogP contribution is 2.16. The Morgan fingerprint density at radius 2 is 1.86 bits per heavy atom. The van der Waals surface area contributed by atoms with Crippen LogP contribution >= 0.6 is 0 Å². The van der Waals surface area contributed by atoms with Crippen LogP contribution in [0.4, 0.5) is 0 Å². The van der Waals surface area contributed by atoms with Crippen LogP contribution < -0.4 is 0 Å². The molecule has 2 rings (SSSR count). The first kappa shape index (κ1) is 10.8. The Morgan fingerprint density at radius 1 is 1.14 bits per heavy atom. The first-order valence-corrected chi connectivity index (χ1v) is 5.37. The van der Waals surface area contributed by atoms with Gasteiger partial charge < -0.3 is 4.57 Å². The lowest BCUT2D eigenvalue weighted by atomic mass is 10.2. The van der Waals surface area contributed by atoms with E-state index in [-0.39, 0.29) is 0 Å². The van der Waals surface area contributed by atoms with Crippen LogP contribution in [0.15, 0.2) is 30.5 Å². The third kappa shape index (κ3) is 1.98. The highest BCUT2D eigenvalue weighted by molar-refractivity contribution is 5.80. The van der Waals surface area contributed by atoms with Gasteiger partial charge in [-0.2, -0.15) is 0 Å². The number of rotatable bonds is 1. The molecule has 0 saturated heterocycles. The number of hydrogen-bond donors (Lipinski definition) is 0. The molecule has 0 aliphatic rings. The second-order valence-corrected chi connectivity index (χ2v) is 3.16. The van der Waals surface area contributed by atoms with Gasteiger partial charge in [0.15, 0.2) is 0 Å². The zero-order valence-electron chi connectivity index (χ0n) is 9.54. The SMILES string of the molecule is CC.CCn1ccc2ccc(C)cc21. The molecule has 0 spiro atoms. The maximum Gasteiger partial charge on any atom is 0.0482 e.